The van der Waals surface area contributed by atoms with Crippen LogP contribution in [0.3, 0.4) is 0 Å². The molecule has 0 radical (unpaired) electrons. The number of hydrogen-bond donors (Lipinski definition) is 5. The average molecular weight is 696 g/mol. The average Bonchev–Trinajstić information content (AvgIpc) is 3.18. The molecule has 0 aliphatic carbocycles. The second-order valence-electron chi connectivity index (χ2n) is 13.2. The fraction of sp³-hybridized carbons (Fsp3) is 0.366. The molecular formula is C41H49N3O7. The van der Waals surface area contributed by atoms with Crippen molar-refractivity contribution >= 4 is 11.8 Å². The van der Waals surface area contributed by atoms with E-state index in [1.807, 2.05) is 105 Å². The van der Waals surface area contributed by atoms with Gasteiger partial charge in [0.2, 0.25) is 11.8 Å². The van der Waals surface area contributed by atoms with Gasteiger partial charge in [-0.1, -0.05) is 91.0 Å². The minimum Gasteiger partial charge on any atom is -0.392 e. The number of nitrogens with zero attached hydrogens (tertiary/aromatic N) is 1. The van der Waals surface area contributed by atoms with Crippen LogP contribution in [-0.2, 0) is 32.2 Å². The lowest BCUT2D eigenvalue weighted by molar-refractivity contribution is -0.253. The van der Waals surface area contributed by atoms with Crippen LogP contribution in [0.15, 0.2) is 103 Å². The van der Waals surface area contributed by atoms with Crippen LogP contribution in [0.2, 0.25) is 0 Å². The lowest BCUT2D eigenvalue weighted by atomic mass is 9.97. The standard InChI is InChI=1S/C41H49N3O7/c1-28(40(48)32-11-4-3-5-12-32)44(2)26-36-24-37(31-20-18-29(27-45)19-21-31)51-41(50-36)35-15-9-14-34(23-35)33-13-8-10-30(22-33)25-42-38(46)16-6-7-17-39(47)43-49/h3-5,8-15,18-23,28,36-37,40-41,45,48-49H,6-7,16-17,24-27H2,1-2H3,(H,42,46)(H,43,47)/t28-,36-,37+,40-,41+/m1/s1. The molecule has 0 saturated carbocycles. The zero-order chi connectivity index (χ0) is 36.2. The molecule has 1 fully saturated rings. The number of aliphatic hydroxyl groups is 2. The molecule has 51 heavy (non-hydrogen) atoms. The number of nitrogens with one attached hydrogen (secondary N) is 2. The number of rotatable bonds is 16. The first kappa shape index (κ1) is 37.8. The summed E-state index contributed by atoms with van der Waals surface area (Å²) in [4.78, 5) is 25.7. The Labute approximate surface area is 300 Å². The van der Waals surface area contributed by atoms with E-state index < -0.39 is 18.3 Å². The van der Waals surface area contributed by atoms with Gasteiger partial charge in [0, 0.05) is 44.0 Å². The molecule has 10 nitrogen and oxygen atoms in total. The highest BCUT2D eigenvalue weighted by molar-refractivity contribution is 5.76. The molecule has 5 N–H and O–H groups in total. The fourth-order valence-electron chi connectivity index (χ4n) is 6.33. The third-order valence-corrected chi connectivity index (χ3v) is 9.49. The number of likely N-dealkylation sites (N-methyl/N-ethyl adjacent to an activating group) is 1. The minimum absolute atomic E-state index is 0.0274. The molecule has 0 aromatic heterocycles. The number of benzene rings is 4. The number of carbonyl (C=O) groups excluding carboxylic acids is 2. The third-order valence-electron chi connectivity index (χ3n) is 9.49. The van der Waals surface area contributed by atoms with Gasteiger partial charge in [0.25, 0.3) is 0 Å². The summed E-state index contributed by atoms with van der Waals surface area (Å²) in [6.45, 7) is 2.95. The van der Waals surface area contributed by atoms with E-state index in [1.165, 1.54) is 0 Å². The van der Waals surface area contributed by atoms with E-state index in [9.17, 15) is 19.8 Å². The zero-order valence-corrected chi connectivity index (χ0v) is 29.3. The molecule has 1 saturated heterocycles. The van der Waals surface area contributed by atoms with Crippen LogP contribution in [0.25, 0.3) is 11.1 Å². The maximum atomic E-state index is 12.4. The van der Waals surface area contributed by atoms with Crippen molar-refractivity contribution in [3.05, 3.63) is 131 Å². The number of carbonyl (C=O) groups is 2. The predicted molar refractivity (Wildman–Crippen MR) is 194 cm³/mol. The van der Waals surface area contributed by atoms with E-state index in [0.29, 0.717) is 38.8 Å². The molecule has 270 valence electrons. The van der Waals surface area contributed by atoms with E-state index in [4.69, 9.17) is 14.7 Å². The zero-order valence-electron chi connectivity index (χ0n) is 29.3. The van der Waals surface area contributed by atoms with Crippen LogP contribution >= 0.6 is 0 Å². The van der Waals surface area contributed by atoms with Gasteiger partial charge in [-0.05, 0) is 72.3 Å². The molecule has 1 aliphatic heterocycles. The molecule has 1 heterocycles. The lowest BCUT2D eigenvalue weighted by Gasteiger charge is -2.39. The van der Waals surface area contributed by atoms with Gasteiger partial charge in [0.1, 0.15) is 0 Å². The van der Waals surface area contributed by atoms with Crippen LogP contribution in [0.4, 0.5) is 0 Å². The second kappa shape index (κ2) is 18.7. The Bertz CT molecular complexity index is 1700. The Morgan fingerprint density at radius 2 is 1.51 bits per heavy atom. The van der Waals surface area contributed by atoms with E-state index in [2.05, 4.69) is 22.3 Å². The predicted octanol–water partition coefficient (Wildman–Crippen LogP) is 6.13. The van der Waals surface area contributed by atoms with Crippen LogP contribution in [0, 0.1) is 0 Å². The van der Waals surface area contributed by atoms with E-state index >= 15 is 0 Å². The highest BCUT2D eigenvalue weighted by Gasteiger charge is 2.34. The van der Waals surface area contributed by atoms with Gasteiger partial charge >= 0.3 is 0 Å². The highest BCUT2D eigenvalue weighted by Crippen LogP contribution is 2.39. The summed E-state index contributed by atoms with van der Waals surface area (Å²) in [7, 11) is 2.00. The van der Waals surface area contributed by atoms with Crippen LogP contribution in [0.5, 0.6) is 0 Å². The van der Waals surface area contributed by atoms with Crippen molar-refractivity contribution in [2.75, 3.05) is 13.6 Å². The van der Waals surface area contributed by atoms with Crippen molar-refractivity contribution < 1.29 is 34.5 Å². The van der Waals surface area contributed by atoms with E-state index in [1.54, 1.807) is 5.48 Å². The van der Waals surface area contributed by atoms with Crippen LogP contribution in [-0.4, -0.2) is 57.9 Å². The molecule has 5 rings (SSSR count). The summed E-state index contributed by atoms with van der Waals surface area (Å²) in [5.74, 6) is -0.549. The van der Waals surface area contributed by atoms with Crippen molar-refractivity contribution in [3.8, 4) is 11.1 Å². The molecular weight excluding hydrogens is 646 g/mol. The lowest BCUT2D eigenvalue weighted by Crippen LogP contribution is -2.43. The molecule has 4 aromatic carbocycles. The number of hydroxylamine groups is 1. The van der Waals surface area contributed by atoms with Crippen molar-refractivity contribution in [1.29, 1.82) is 0 Å². The summed E-state index contributed by atoms with van der Waals surface area (Å²) < 4.78 is 13.3. The van der Waals surface area contributed by atoms with Gasteiger partial charge in [-0.15, -0.1) is 0 Å². The quantitative estimate of drug-likeness (QED) is 0.0536. The summed E-state index contributed by atoms with van der Waals surface area (Å²) in [5.41, 5.74) is 8.12. The molecule has 0 spiro atoms. The number of amides is 2. The monoisotopic (exact) mass is 695 g/mol. The van der Waals surface area contributed by atoms with Gasteiger partial charge in [0.15, 0.2) is 6.29 Å². The smallest absolute Gasteiger partial charge is 0.243 e. The SMILES string of the molecule is C[C@H]([C@@H](O)c1ccccc1)N(C)C[C@H]1C[C@@H](c2ccc(CO)cc2)O[C@@H](c2cccc(-c3cccc(CNC(=O)CCCCC(=O)NO)c3)c2)O1. The molecule has 0 bridgehead atoms. The third kappa shape index (κ3) is 10.8. The van der Waals surface area contributed by atoms with Crippen molar-refractivity contribution in [2.45, 2.75) is 82.8 Å². The van der Waals surface area contributed by atoms with E-state index in [0.717, 1.165) is 38.9 Å². The van der Waals surface area contributed by atoms with Crippen molar-refractivity contribution in [2.24, 2.45) is 0 Å². The first-order valence-corrected chi connectivity index (χ1v) is 17.6. The number of unbranched alkanes of at least 4 members (excludes halogenated alkanes) is 1. The Kier molecular flexibility index (Phi) is 13.9. The first-order valence-electron chi connectivity index (χ1n) is 17.6. The van der Waals surface area contributed by atoms with Crippen LogP contribution < -0.4 is 10.8 Å². The largest absolute Gasteiger partial charge is 0.392 e. The molecule has 4 aromatic rings. The van der Waals surface area contributed by atoms with Gasteiger partial charge in [-0.2, -0.15) is 0 Å². The highest BCUT2D eigenvalue weighted by atomic mass is 16.7. The Hall–Kier alpha value is -4.42. The topological polar surface area (TPSA) is 141 Å². The maximum Gasteiger partial charge on any atom is 0.243 e. The Balaban J connectivity index is 1.28. The summed E-state index contributed by atoms with van der Waals surface area (Å²) in [6, 6.07) is 33.5. The number of hydrogen-bond acceptors (Lipinski definition) is 8. The minimum atomic E-state index is -0.651. The van der Waals surface area contributed by atoms with Gasteiger partial charge in [0.05, 0.1) is 24.9 Å². The fourth-order valence-corrected chi connectivity index (χ4v) is 6.33. The summed E-state index contributed by atoms with van der Waals surface area (Å²) >= 11 is 0. The molecule has 1 aliphatic rings. The Morgan fingerprint density at radius 1 is 0.824 bits per heavy atom. The summed E-state index contributed by atoms with van der Waals surface area (Å²) in [6.07, 6.45) is 0.451. The van der Waals surface area contributed by atoms with E-state index in [-0.39, 0.29) is 37.2 Å². The van der Waals surface area contributed by atoms with Crippen molar-refractivity contribution in [1.82, 2.24) is 15.7 Å². The molecule has 10 heteroatoms. The first-order chi connectivity index (χ1) is 24.7. The normalized spacial score (nSPS) is 18.6. The van der Waals surface area contributed by atoms with Gasteiger partial charge in [-0.3, -0.25) is 19.7 Å². The number of ether oxygens (including phenoxy) is 2. The molecule has 0 unspecified atom stereocenters. The summed E-state index contributed by atoms with van der Waals surface area (Å²) in [5, 5.41) is 32.3. The van der Waals surface area contributed by atoms with Gasteiger partial charge in [-0.25, -0.2) is 5.48 Å². The maximum absolute atomic E-state index is 12.4. The van der Waals surface area contributed by atoms with Crippen LogP contribution in [0.1, 0.15) is 85.3 Å². The molecule has 5 atom stereocenters. The van der Waals surface area contributed by atoms with Crippen molar-refractivity contribution in [3.63, 3.8) is 0 Å². The van der Waals surface area contributed by atoms with Gasteiger partial charge < -0.3 is 25.0 Å². The number of aliphatic hydroxyl groups excluding tert-OH is 2. The second-order valence-corrected chi connectivity index (χ2v) is 13.2. The molecule has 2 amide bonds. The Morgan fingerprint density at radius 3 is 2.22 bits per heavy atom.